The Balaban J connectivity index is 2.66. The summed E-state index contributed by atoms with van der Waals surface area (Å²) in [6.07, 6.45) is 2.72. The van der Waals surface area contributed by atoms with Crippen molar-refractivity contribution in [3.05, 3.63) is 0 Å². The molecule has 1 heteroatoms. The van der Waals surface area contributed by atoms with Crippen LogP contribution in [0, 0.1) is 11.3 Å². The van der Waals surface area contributed by atoms with Crippen LogP contribution in [0.1, 0.15) is 40.5 Å². The summed E-state index contributed by atoms with van der Waals surface area (Å²) < 4.78 is 0. The molecule has 1 rings (SSSR count). The van der Waals surface area contributed by atoms with Crippen molar-refractivity contribution in [1.29, 1.82) is 0 Å². The van der Waals surface area contributed by atoms with E-state index in [0.717, 1.165) is 12.0 Å². The lowest BCUT2D eigenvalue weighted by Crippen LogP contribution is -2.31. The van der Waals surface area contributed by atoms with Gasteiger partial charge in [0, 0.05) is 12.6 Å². The zero-order valence-corrected chi connectivity index (χ0v) is 9.22. The molecule has 0 bridgehead atoms. The van der Waals surface area contributed by atoms with Crippen LogP contribution in [-0.4, -0.2) is 24.5 Å². The molecule has 1 heterocycles. The Morgan fingerprint density at radius 3 is 2.33 bits per heavy atom. The highest BCUT2D eigenvalue weighted by atomic mass is 15.1. The third-order valence-electron chi connectivity index (χ3n) is 3.10. The summed E-state index contributed by atoms with van der Waals surface area (Å²) >= 11 is 0. The molecule has 0 N–H and O–H groups in total. The topological polar surface area (TPSA) is 3.24 Å². The highest BCUT2D eigenvalue weighted by molar-refractivity contribution is 4.82. The van der Waals surface area contributed by atoms with E-state index in [2.05, 4.69) is 39.6 Å². The molecule has 0 aromatic carbocycles. The van der Waals surface area contributed by atoms with Crippen molar-refractivity contribution in [3.8, 4) is 0 Å². The Hall–Kier alpha value is -0.0400. The standard InChI is InChI=1S/C11H23N/c1-9-6-11(3,4)7-10(2)12(5)8-9/h9-10H,6-8H2,1-5H3/t9?,10-/m1/s1. The van der Waals surface area contributed by atoms with Gasteiger partial charge in [-0.05, 0) is 38.1 Å². The molecule has 0 amide bonds. The number of nitrogens with zero attached hydrogens (tertiary/aromatic N) is 1. The number of hydrogen-bond acceptors (Lipinski definition) is 1. The minimum absolute atomic E-state index is 0.545. The van der Waals surface area contributed by atoms with Gasteiger partial charge in [-0.2, -0.15) is 0 Å². The van der Waals surface area contributed by atoms with Gasteiger partial charge in [-0.15, -0.1) is 0 Å². The third-order valence-corrected chi connectivity index (χ3v) is 3.10. The second-order valence-corrected chi connectivity index (χ2v) is 5.47. The van der Waals surface area contributed by atoms with E-state index in [1.54, 1.807) is 0 Å². The van der Waals surface area contributed by atoms with Gasteiger partial charge < -0.3 is 4.90 Å². The fourth-order valence-corrected chi connectivity index (χ4v) is 2.72. The molecule has 0 radical (unpaired) electrons. The first-order valence-corrected chi connectivity index (χ1v) is 5.11. The second kappa shape index (κ2) is 3.37. The molecule has 2 atom stereocenters. The van der Waals surface area contributed by atoms with E-state index >= 15 is 0 Å². The van der Waals surface area contributed by atoms with E-state index in [9.17, 15) is 0 Å². The zero-order valence-electron chi connectivity index (χ0n) is 9.22. The Morgan fingerprint density at radius 1 is 1.17 bits per heavy atom. The largest absolute Gasteiger partial charge is 0.303 e. The molecule has 1 unspecified atom stereocenters. The second-order valence-electron chi connectivity index (χ2n) is 5.47. The van der Waals surface area contributed by atoms with Crippen molar-refractivity contribution in [2.75, 3.05) is 13.6 Å². The van der Waals surface area contributed by atoms with E-state index in [1.165, 1.54) is 19.4 Å². The fourth-order valence-electron chi connectivity index (χ4n) is 2.72. The van der Waals surface area contributed by atoms with Crippen molar-refractivity contribution >= 4 is 0 Å². The first-order valence-electron chi connectivity index (χ1n) is 5.11. The molecule has 0 aromatic rings. The predicted molar refractivity (Wildman–Crippen MR) is 54.3 cm³/mol. The van der Waals surface area contributed by atoms with Crippen LogP contribution in [0.5, 0.6) is 0 Å². The monoisotopic (exact) mass is 169 g/mol. The van der Waals surface area contributed by atoms with Crippen LogP contribution >= 0.6 is 0 Å². The first-order chi connectivity index (χ1) is 5.41. The minimum atomic E-state index is 0.545. The molecule has 0 aliphatic carbocycles. The van der Waals surface area contributed by atoms with Gasteiger partial charge in [0.15, 0.2) is 0 Å². The third kappa shape index (κ3) is 2.48. The Bertz CT molecular complexity index is 151. The molecule has 1 aliphatic heterocycles. The summed E-state index contributed by atoms with van der Waals surface area (Å²) in [5.74, 6) is 0.856. The number of likely N-dealkylation sites (tertiary alicyclic amines) is 1. The van der Waals surface area contributed by atoms with Crippen molar-refractivity contribution < 1.29 is 0 Å². The zero-order chi connectivity index (χ0) is 9.35. The van der Waals surface area contributed by atoms with Gasteiger partial charge in [-0.25, -0.2) is 0 Å². The van der Waals surface area contributed by atoms with E-state index < -0.39 is 0 Å². The molecule has 1 fully saturated rings. The maximum absolute atomic E-state index is 2.50. The lowest BCUT2D eigenvalue weighted by atomic mass is 9.80. The van der Waals surface area contributed by atoms with Gasteiger partial charge in [0.25, 0.3) is 0 Å². The molecule has 0 aromatic heterocycles. The smallest absolute Gasteiger partial charge is 0.00690 e. The molecular weight excluding hydrogens is 146 g/mol. The quantitative estimate of drug-likeness (QED) is 0.539. The normalized spacial score (nSPS) is 37.8. The highest BCUT2D eigenvalue weighted by Gasteiger charge is 2.29. The Kier molecular flexibility index (Phi) is 2.82. The first kappa shape index (κ1) is 10.0. The van der Waals surface area contributed by atoms with Crippen LogP contribution in [0.15, 0.2) is 0 Å². The number of hydrogen-bond donors (Lipinski definition) is 0. The Morgan fingerprint density at radius 2 is 1.75 bits per heavy atom. The molecule has 0 saturated carbocycles. The van der Waals surface area contributed by atoms with Crippen molar-refractivity contribution in [2.45, 2.75) is 46.6 Å². The van der Waals surface area contributed by atoms with Crippen molar-refractivity contribution in [1.82, 2.24) is 4.90 Å². The fraction of sp³-hybridized carbons (Fsp3) is 1.00. The van der Waals surface area contributed by atoms with Crippen LogP contribution in [0.25, 0.3) is 0 Å². The van der Waals surface area contributed by atoms with Crippen molar-refractivity contribution in [2.24, 2.45) is 11.3 Å². The SMILES string of the molecule is CC1CN(C)[C@H](C)CC(C)(C)C1. The van der Waals surface area contributed by atoms with E-state index in [4.69, 9.17) is 0 Å². The average molecular weight is 169 g/mol. The molecule has 1 nitrogen and oxygen atoms in total. The maximum Gasteiger partial charge on any atom is 0.00690 e. The summed E-state index contributed by atoms with van der Waals surface area (Å²) in [6.45, 7) is 10.8. The van der Waals surface area contributed by atoms with Crippen LogP contribution in [-0.2, 0) is 0 Å². The lowest BCUT2D eigenvalue weighted by molar-refractivity contribution is 0.222. The van der Waals surface area contributed by atoms with Crippen LogP contribution in [0.3, 0.4) is 0 Å². The molecule has 0 spiro atoms. The molecular formula is C11H23N. The summed E-state index contributed by atoms with van der Waals surface area (Å²) in [5, 5.41) is 0. The van der Waals surface area contributed by atoms with E-state index in [0.29, 0.717) is 5.41 Å². The summed E-state index contributed by atoms with van der Waals surface area (Å²) in [4.78, 5) is 2.50. The average Bonchev–Trinajstić information content (AvgIpc) is 1.89. The molecule has 1 aliphatic rings. The van der Waals surface area contributed by atoms with Crippen LogP contribution in [0.2, 0.25) is 0 Å². The maximum atomic E-state index is 2.50. The minimum Gasteiger partial charge on any atom is -0.303 e. The van der Waals surface area contributed by atoms with Crippen molar-refractivity contribution in [3.63, 3.8) is 0 Å². The highest BCUT2D eigenvalue weighted by Crippen LogP contribution is 2.34. The van der Waals surface area contributed by atoms with Gasteiger partial charge in [0.05, 0.1) is 0 Å². The summed E-state index contributed by atoms with van der Waals surface area (Å²) in [5.41, 5.74) is 0.545. The molecule has 12 heavy (non-hydrogen) atoms. The van der Waals surface area contributed by atoms with Crippen LogP contribution in [0.4, 0.5) is 0 Å². The summed E-state index contributed by atoms with van der Waals surface area (Å²) in [7, 11) is 2.25. The van der Waals surface area contributed by atoms with Gasteiger partial charge in [-0.1, -0.05) is 20.8 Å². The summed E-state index contributed by atoms with van der Waals surface area (Å²) in [6, 6.07) is 0.755. The van der Waals surface area contributed by atoms with E-state index in [-0.39, 0.29) is 0 Å². The predicted octanol–water partition coefficient (Wildman–Crippen LogP) is 2.76. The van der Waals surface area contributed by atoms with Gasteiger partial charge in [-0.3, -0.25) is 0 Å². The Labute approximate surface area is 77.1 Å². The lowest BCUT2D eigenvalue weighted by Gasteiger charge is -2.27. The molecule has 72 valence electrons. The van der Waals surface area contributed by atoms with Gasteiger partial charge in [0.1, 0.15) is 0 Å². The van der Waals surface area contributed by atoms with Crippen LogP contribution < -0.4 is 0 Å². The van der Waals surface area contributed by atoms with Gasteiger partial charge >= 0.3 is 0 Å². The number of rotatable bonds is 0. The molecule has 1 saturated heterocycles. The van der Waals surface area contributed by atoms with E-state index in [1.807, 2.05) is 0 Å². The van der Waals surface area contributed by atoms with Gasteiger partial charge in [0.2, 0.25) is 0 Å².